The second kappa shape index (κ2) is 11.3. The lowest BCUT2D eigenvalue weighted by molar-refractivity contribution is -0.147. The highest BCUT2D eigenvalue weighted by Gasteiger charge is 2.37. The van der Waals surface area contributed by atoms with Gasteiger partial charge in [-0.05, 0) is 43.9 Å². The number of carboxylic acids is 2. The maximum absolute atomic E-state index is 12.8. The number of hydrogen-bond donors (Lipinski definition) is 6. The van der Waals surface area contributed by atoms with Gasteiger partial charge in [-0.1, -0.05) is 12.1 Å². The van der Waals surface area contributed by atoms with Crippen LogP contribution in [0, 0.1) is 0 Å². The average molecular weight is 464 g/mol. The predicted molar refractivity (Wildman–Crippen MR) is 114 cm³/mol. The Bertz CT molecular complexity index is 904. The molecule has 0 aromatic heterocycles. The molecule has 7 N–H and O–H groups in total. The predicted octanol–water partition coefficient (Wildman–Crippen LogP) is -1.20. The Balaban J connectivity index is 1.96. The van der Waals surface area contributed by atoms with Gasteiger partial charge in [-0.2, -0.15) is 0 Å². The summed E-state index contributed by atoms with van der Waals surface area (Å²) in [6.45, 7) is 1.64. The molecular formula is C21H28N4O8. The molecule has 0 radical (unpaired) electrons. The number of carboxylic acid groups (broad SMARTS) is 2. The Labute approximate surface area is 189 Å². The molecule has 1 aromatic carbocycles. The molecule has 1 saturated heterocycles. The molecule has 4 unspecified atom stereocenters. The first-order valence-corrected chi connectivity index (χ1v) is 10.4. The second-order valence-electron chi connectivity index (χ2n) is 7.89. The monoisotopic (exact) mass is 464 g/mol. The quantitative estimate of drug-likeness (QED) is 0.246. The van der Waals surface area contributed by atoms with Crippen LogP contribution in [0.4, 0.5) is 0 Å². The number of rotatable bonds is 10. The number of aromatic hydroxyl groups is 1. The number of hydrogen-bond acceptors (Lipinski definition) is 7. The molecule has 0 saturated carbocycles. The standard InChI is InChI=1S/C21H28N4O8/c1-11(18(29)24-15(21(32)33)10-17(27)28)23-19(30)16-3-2-8-25(16)20(31)14(22)9-12-4-6-13(26)7-5-12/h4-7,11,14-16,26H,2-3,8-10,22H2,1H3,(H,23,30)(H,24,29)(H,27,28)(H,32,33). The fourth-order valence-corrected chi connectivity index (χ4v) is 3.54. The maximum atomic E-state index is 12.8. The van der Waals surface area contributed by atoms with E-state index in [9.17, 15) is 29.1 Å². The number of likely N-dealkylation sites (tertiary alicyclic amines) is 1. The number of carbonyl (C=O) groups is 5. The van der Waals surface area contributed by atoms with E-state index in [1.54, 1.807) is 12.1 Å². The topological polar surface area (TPSA) is 199 Å². The number of nitrogens with one attached hydrogen (secondary N) is 2. The highest BCUT2D eigenvalue weighted by molar-refractivity contribution is 5.94. The molecule has 12 nitrogen and oxygen atoms in total. The van der Waals surface area contributed by atoms with Crippen molar-refractivity contribution in [2.24, 2.45) is 5.73 Å². The van der Waals surface area contributed by atoms with Gasteiger partial charge in [-0.15, -0.1) is 0 Å². The van der Waals surface area contributed by atoms with E-state index in [-0.39, 0.29) is 12.2 Å². The third-order valence-electron chi connectivity index (χ3n) is 5.29. The maximum Gasteiger partial charge on any atom is 0.326 e. The van der Waals surface area contributed by atoms with Gasteiger partial charge in [0.2, 0.25) is 17.7 Å². The second-order valence-corrected chi connectivity index (χ2v) is 7.89. The van der Waals surface area contributed by atoms with E-state index >= 15 is 0 Å². The van der Waals surface area contributed by atoms with Crippen molar-refractivity contribution in [3.63, 3.8) is 0 Å². The molecule has 1 aliphatic rings. The summed E-state index contributed by atoms with van der Waals surface area (Å²) in [6, 6.07) is 1.71. The summed E-state index contributed by atoms with van der Waals surface area (Å²) in [5.74, 6) is -4.71. The van der Waals surface area contributed by atoms with Gasteiger partial charge >= 0.3 is 11.9 Å². The molecule has 4 atom stereocenters. The minimum absolute atomic E-state index is 0.0886. The van der Waals surface area contributed by atoms with E-state index in [0.717, 1.165) is 5.56 Å². The third-order valence-corrected chi connectivity index (χ3v) is 5.29. The molecule has 1 fully saturated rings. The van der Waals surface area contributed by atoms with Crippen molar-refractivity contribution >= 4 is 29.7 Å². The Morgan fingerprint density at radius 3 is 2.33 bits per heavy atom. The van der Waals surface area contributed by atoms with E-state index < -0.39 is 60.2 Å². The molecule has 12 heteroatoms. The lowest BCUT2D eigenvalue weighted by Gasteiger charge is -2.28. The number of phenolic OH excluding ortho intramolecular Hbond substituents is 1. The van der Waals surface area contributed by atoms with Gasteiger partial charge in [0.1, 0.15) is 23.9 Å². The first kappa shape index (κ1) is 25.6. The first-order valence-electron chi connectivity index (χ1n) is 10.4. The lowest BCUT2D eigenvalue weighted by Crippen LogP contribution is -2.56. The average Bonchev–Trinajstić information content (AvgIpc) is 3.23. The van der Waals surface area contributed by atoms with Crippen molar-refractivity contribution < 1.29 is 39.3 Å². The largest absolute Gasteiger partial charge is 0.508 e. The normalized spacial score (nSPS) is 18.1. The van der Waals surface area contributed by atoms with Gasteiger partial charge in [-0.3, -0.25) is 19.2 Å². The number of benzene rings is 1. The van der Waals surface area contributed by atoms with Crippen LogP contribution in [0.25, 0.3) is 0 Å². The smallest absolute Gasteiger partial charge is 0.326 e. The Kier molecular flexibility index (Phi) is 8.74. The molecule has 33 heavy (non-hydrogen) atoms. The van der Waals surface area contributed by atoms with Gasteiger partial charge in [0, 0.05) is 6.54 Å². The van der Waals surface area contributed by atoms with Crippen LogP contribution < -0.4 is 16.4 Å². The van der Waals surface area contributed by atoms with Crippen molar-refractivity contribution in [3.8, 4) is 5.75 Å². The Morgan fingerprint density at radius 1 is 1.12 bits per heavy atom. The minimum atomic E-state index is -1.64. The van der Waals surface area contributed by atoms with Crippen molar-refractivity contribution in [1.29, 1.82) is 0 Å². The molecule has 0 aliphatic carbocycles. The van der Waals surface area contributed by atoms with E-state index in [0.29, 0.717) is 19.4 Å². The summed E-state index contributed by atoms with van der Waals surface area (Å²) in [5.41, 5.74) is 6.79. The van der Waals surface area contributed by atoms with Gasteiger partial charge in [-0.25, -0.2) is 4.79 Å². The van der Waals surface area contributed by atoms with Crippen molar-refractivity contribution in [2.45, 2.75) is 56.8 Å². The molecule has 0 bridgehead atoms. The zero-order valence-corrected chi connectivity index (χ0v) is 18.1. The van der Waals surface area contributed by atoms with Crippen LogP contribution in [0.15, 0.2) is 24.3 Å². The first-order chi connectivity index (χ1) is 15.5. The van der Waals surface area contributed by atoms with Crippen LogP contribution in [0.5, 0.6) is 5.75 Å². The SMILES string of the molecule is CC(NC(=O)C1CCCN1C(=O)C(N)Cc1ccc(O)cc1)C(=O)NC(CC(=O)O)C(=O)O. The molecule has 3 amide bonds. The van der Waals surface area contributed by atoms with Crippen molar-refractivity contribution in [2.75, 3.05) is 6.54 Å². The Hall–Kier alpha value is -3.67. The molecule has 1 aromatic rings. The van der Waals surface area contributed by atoms with Crippen LogP contribution >= 0.6 is 0 Å². The summed E-state index contributed by atoms with van der Waals surface area (Å²) in [6.07, 6.45) is 0.332. The highest BCUT2D eigenvalue weighted by atomic mass is 16.4. The zero-order chi connectivity index (χ0) is 24.7. The number of nitrogens with two attached hydrogens (primary N) is 1. The fourth-order valence-electron chi connectivity index (χ4n) is 3.54. The van der Waals surface area contributed by atoms with E-state index in [2.05, 4.69) is 10.6 Å². The summed E-state index contributed by atoms with van der Waals surface area (Å²) >= 11 is 0. The zero-order valence-electron chi connectivity index (χ0n) is 18.1. The van der Waals surface area contributed by atoms with Crippen LogP contribution in [0.3, 0.4) is 0 Å². The van der Waals surface area contributed by atoms with E-state index in [1.807, 2.05) is 0 Å². The number of nitrogens with zero attached hydrogens (tertiary/aromatic N) is 1. The fraction of sp³-hybridized carbons (Fsp3) is 0.476. The molecule has 0 spiro atoms. The molecule has 2 rings (SSSR count). The van der Waals surface area contributed by atoms with Crippen molar-refractivity contribution in [1.82, 2.24) is 15.5 Å². The minimum Gasteiger partial charge on any atom is -0.508 e. The van der Waals surface area contributed by atoms with Crippen LogP contribution in [0.1, 0.15) is 31.7 Å². The molecule has 1 aliphatic heterocycles. The summed E-state index contributed by atoms with van der Waals surface area (Å²) < 4.78 is 0. The highest BCUT2D eigenvalue weighted by Crippen LogP contribution is 2.20. The lowest BCUT2D eigenvalue weighted by atomic mass is 10.0. The number of carbonyl (C=O) groups excluding carboxylic acids is 3. The molecular weight excluding hydrogens is 436 g/mol. The van der Waals surface area contributed by atoms with Gasteiger partial charge in [0.25, 0.3) is 0 Å². The summed E-state index contributed by atoms with van der Waals surface area (Å²) in [7, 11) is 0. The van der Waals surface area contributed by atoms with Gasteiger partial charge in [0.05, 0.1) is 12.5 Å². The number of amides is 3. The Morgan fingerprint density at radius 2 is 1.76 bits per heavy atom. The van der Waals surface area contributed by atoms with Crippen LogP contribution in [-0.2, 0) is 30.4 Å². The van der Waals surface area contributed by atoms with Gasteiger partial charge in [0.15, 0.2) is 0 Å². The number of phenols is 1. The molecule has 1 heterocycles. The van der Waals surface area contributed by atoms with Crippen molar-refractivity contribution in [3.05, 3.63) is 29.8 Å². The van der Waals surface area contributed by atoms with E-state index in [1.165, 1.54) is 24.0 Å². The molecule has 180 valence electrons. The van der Waals surface area contributed by atoms with E-state index in [4.69, 9.17) is 15.9 Å². The summed E-state index contributed by atoms with van der Waals surface area (Å²) in [5, 5.41) is 31.7. The van der Waals surface area contributed by atoms with Crippen LogP contribution in [0.2, 0.25) is 0 Å². The van der Waals surface area contributed by atoms with Gasteiger partial charge < -0.3 is 36.6 Å². The number of aliphatic carboxylic acids is 2. The third kappa shape index (κ3) is 7.17. The van der Waals surface area contributed by atoms with Crippen LogP contribution in [-0.4, -0.2) is 80.6 Å². The summed E-state index contributed by atoms with van der Waals surface area (Å²) in [4.78, 5) is 61.0.